The molecule has 0 saturated heterocycles. The zero-order valence-corrected chi connectivity index (χ0v) is 12.7. The number of imidazole rings is 1. The Bertz CT molecular complexity index is 1010. The fraction of sp³-hybridized carbons (Fsp3) is 0.0526. The molecule has 1 N–H and O–H groups in total. The number of halogens is 1. The maximum Gasteiger partial charge on any atom is 0.164 e. The van der Waals surface area contributed by atoms with Crippen LogP contribution in [-0.2, 0) is 6.42 Å². The lowest BCUT2D eigenvalue weighted by Gasteiger charge is -2.09. The third kappa shape index (κ3) is 2.50. The van der Waals surface area contributed by atoms with E-state index in [1.54, 1.807) is 42.6 Å². The van der Waals surface area contributed by atoms with Crippen molar-refractivity contribution in [3.63, 3.8) is 0 Å². The Morgan fingerprint density at radius 3 is 2.54 bits per heavy atom. The molecule has 0 aliphatic heterocycles. The summed E-state index contributed by atoms with van der Waals surface area (Å²) in [6, 6.07) is 17.2. The second kappa shape index (κ2) is 5.77. The van der Waals surface area contributed by atoms with E-state index in [0.29, 0.717) is 23.5 Å². The Kier molecular flexibility index (Phi) is 3.46. The van der Waals surface area contributed by atoms with Crippen LogP contribution in [0.3, 0.4) is 0 Å². The van der Waals surface area contributed by atoms with Crippen LogP contribution < -0.4 is 0 Å². The number of aromatic nitrogens is 3. The van der Waals surface area contributed by atoms with E-state index in [-0.39, 0.29) is 11.6 Å². The summed E-state index contributed by atoms with van der Waals surface area (Å²) in [7, 11) is 0. The van der Waals surface area contributed by atoms with E-state index in [1.165, 1.54) is 6.07 Å². The predicted molar refractivity (Wildman–Crippen MR) is 89.7 cm³/mol. The molecule has 2 aromatic carbocycles. The van der Waals surface area contributed by atoms with E-state index in [9.17, 15) is 9.50 Å². The van der Waals surface area contributed by atoms with Crippen molar-refractivity contribution in [1.82, 2.24) is 14.5 Å². The molecule has 2 heterocycles. The van der Waals surface area contributed by atoms with Crippen LogP contribution in [0.5, 0.6) is 5.75 Å². The van der Waals surface area contributed by atoms with Gasteiger partial charge in [0.15, 0.2) is 5.65 Å². The molecule has 4 rings (SSSR count). The highest BCUT2D eigenvalue weighted by Gasteiger charge is 2.15. The van der Waals surface area contributed by atoms with Gasteiger partial charge in [-0.05, 0) is 48.0 Å². The number of pyridine rings is 1. The van der Waals surface area contributed by atoms with Crippen molar-refractivity contribution >= 4 is 11.2 Å². The molecule has 4 aromatic rings. The van der Waals surface area contributed by atoms with Gasteiger partial charge in [-0.2, -0.15) is 0 Å². The molecule has 0 aliphatic carbocycles. The van der Waals surface area contributed by atoms with Crippen molar-refractivity contribution in [2.45, 2.75) is 6.42 Å². The van der Waals surface area contributed by atoms with Gasteiger partial charge in [0.1, 0.15) is 22.9 Å². The van der Waals surface area contributed by atoms with Gasteiger partial charge < -0.3 is 5.11 Å². The van der Waals surface area contributed by atoms with E-state index < -0.39 is 0 Å². The van der Waals surface area contributed by atoms with Crippen molar-refractivity contribution in [2.75, 3.05) is 0 Å². The zero-order valence-electron chi connectivity index (χ0n) is 12.7. The topological polar surface area (TPSA) is 50.9 Å². The molecule has 0 bridgehead atoms. The number of benzene rings is 2. The molecule has 118 valence electrons. The van der Waals surface area contributed by atoms with Gasteiger partial charge in [0, 0.05) is 18.3 Å². The highest BCUT2D eigenvalue weighted by molar-refractivity contribution is 5.74. The lowest BCUT2D eigenvalue weighted by Crippen LogP contribution is -2.04. The average molecular weight is 319 g/mol. The van der Waals surface area contributed by atoms with E-state index in [1.807, 2.05) is 22.8 Å². The van der Waals surface area contributed by atoms with Gasteiger partial charge in [-0.25, -0.2) is 14.4 Å². The summed E-state index contributed by atoms with van der Waals surface area (Å²) in [6.07, 6.45) is 2.05. The molecule has 0 unspecified atom stereocenters. The van der Waals surface area contributed by atoms with Gasteiger partial charge in [0.25, 0.3) is 0 Å². The number of hydrogen-bond donors (Lipinski definition) is 1. The van der Waals surface area contributed by atoms with Gasteiger partial charge >= 0.3 is 0 Å². The van der Waals surface area contributed by atoms with Crippen molar-refractivity contribution in [2.24, 2.45) is 0 Å². The van der Waals surface area contributed by atoms with Crippen LogP contribution >= 0.6 is 0 Å². The standard InChI is InChI=1S/C19H14FN3O/c20-16-5-2-1-4-13(16)12-18-22-17-6-3-11-21-19(17)23(18)14-7-9-15(24)10-8-14/h1-11,24H,12H2. The molecule has 0 radical (unpaired) electrons. The monoisotopic (exact) mass is 319 g/mol. The first-order valence-corrected chi connectivity index (χ1v) is 7.57. The normalized spacial score (nSPS) is 11.0. The largest absolute Gasteiger partial charge is 0.508 e. The Hall–Kier alpha value is -3.21. The number of nitrogens with zero attached hydrogens (tertiary/aromatic N) is 3. The van der Waals surface area contributed by atoms with Crippen LogP contribution in [0.2, 0.25) is 0 Å². The van der Waals surface area contributed by atoms with E-state index in [4.69, 9.17) is 0 Å². The molecular weight excluding hydrogens is 305 g/mol. The summed E-state index contributed by atoms with van der Waals surface area (Å²) < 4.78 is 15.9. The van der Waals surface area contributed by atoms with Crippen LogP contribution in [0.1, 0.15) is 11.4 Å². The number of rotatable bonds is 3. The van der Waals surface area contributed by atoms with Crippen molar-refractivity contribution in [3.8, 4) is 11.4 Å². The molecule has 5 heteroatoms. The van der Waals surface area contributed by atoms with Crippen LogP contribution in [0, 0.1) is 5.82 Å². The minimum absolute atomic E-state index is 0.187. The van der Waals surface area contributed by atoms with Crippen LogP contribution in [0.25, 0.3) is 16.9 Å². The van der Waals surface area contributed by atoms with Crippen molar-refractivity contribution in [3.05, 3.63) is 84.1 Å². The molecule has 24 heavy (non-hydrogen) atoms. The molecule has 0 fully saturated rings. The lowest BCUT2D eigenvalue weighted by atomic mass is 10.1. The minimum atomic E-state index is -0.255. The number of phenolic OH excluding ortho intramolecular Hbond substituents is 1. The van der Waals surface area contributed by atoms with Crippen molar-refractivity contribution in [1.29, 1.82) is 0 Å². The number of aromatic hydroxyl groups is 1. The Morgan fingerprint density at radius 2 is 1.75 bits per heavy atom. The number of fused-ring (bicyclic) bond motifs is 1. The summed E-state index contributed by atoms with van der Waals surface area (Å²) in [5.74, 6) is 0.626. The second-order valence-electron chi connectivity index (χ2n) is 5.49. The lowest BCUT2D eigenvalue weighted by molar-refractivity contribution is 0.475. The predicted octanol–water partition coefficient (Wildman–Crippen LogP) is 3.86. The molecule has 2 aromatic heterocycles. The van der Waals surface area contributed by atoms with E-state index in [2.05, 4.69) is 9.97 Å². The summed E-state index contributed by atoms with van der Waals surface area (Å²) >= 11 is 0. The molecule has 0 amide bonds. The quantitative estimate of drug-likeness (QED) is 0.624. The molecule has 4 nitrogen and oxygen atoms in total. The summed E-state index contributed by atoms with van der Waals surface area (Å²) in [5.41, 5.74) is 2.85. The number of phenols is 1. The SMILES string of the molecule is Oc1ccc(-n2c(Cc3ccccc3F)nc3cccnc32)cc1. The molecule has 0 aliphatic rings. The fourth-order valence-corrected chi connectivity index (χ4v) is 2.76. The smallest absolute Gasteiger partial charge is 0.164 e. The Labute approximate surface area is 137 Å². The first-order valence-electron chi connectivity index (χ1n) is 7.57. The molecule has 0 saturated carbocycles. The summed E-state index contributed by atoms with van der Waals surface area (Å²) in [4.78, 5) is 9.03. The van der Waals surface area contributed by atoms with Gasteiger partial charge in [0.2, 0.25) is 0 Å². The van der Waals surface area contributed by atoms with Gasteiger partial charge in [-0.15, -0.1) is 0 Å². The van der Waals surface area contributed by atoms with E-state index in [0.717, 1.165) is 11.2 Å². The van der Waals surface area contributed by atoms with Crippen LogP contribution in [0.4, 0.5) is 4.39 Å². The third-order valence-electron chi connectivity index (χ3n) is 3.90. The zero-order chi connectivity index (χ0) is 16.5. The van der Waals surface area contributed by atoms with Crippen molar-refractivity contribution < 1.29 is 9.50 Å². The molecule has 0 spiro atoms. The fourth-order valence-electron chi connectivity index (χ4n) is 2.76. The van der Waals surface area contributed by atoms with Crippen LogP contribution in [-0.4, -0.2) is 19.6 Å². The van der Waals surface area contributed by atoms with E-state index >= 15 is 0 Å². The maximum atomic E-state index is 14.0. The third-order valence-corrected chi connectivity index (χ3v) is 3.90. The Balaban J connectivity index is 1.90. The molecule has 0 atom stereocenters. The first kappa shape index (κ1) is 14.4. The number of hydrogen-bond acceptors (Lipinski definition) is 3. The van der Waals surface area contributed by atoms with Gasteiger partial charge in [0.05, 0.1) is 0 Å². The first-order chi connectivity index (χ1) is 11.7. The second-order valence-corrected chi connectivity index (χ2v) is 5.49. The highest BCUT2D eigenvalue weighted by Crippen LogP contribution is 2.23. The summed E-state index contributed by atoms with van der Waals surface area (Å²) in [6.45, 7) is 0. The molecular formula is C19H14FN3O. The average Bonchev–Trinajstić information content (AvgIpc) is 2.96. The minimum Gasteiger partial charge on any atom is -0.508 e. The maximum absolute atomic E-state index is 14.0. The highest BCUT2D eigenvalue weighted by atomic mass is 19.1. The van der Waals surface area contributed by atoms with Gasteiger partial charge in [-0.1, -0.05) is 18.2 Å². The Morgan fingerprint density at radius 1 is 0.958 bits per heavy atom. The summed E-state index contributed by atoms with van der Waals surface area (Å²) in [5, 5.41) is 9.52. The van der Waals surface area contributed by atoms with Gasteiger partial charge in [-0.3, -0.25) is 4.57 Å². The van der Waals surface area contributed by atoms with Crippen LogP contribution in [0.15, 0.2) is 66.9 Å².